The van der Waals surface area contributed by atoms with E-state index in [-0.39, 0.29) is 0 Å². The minimum Gasteiger partial charge on any atom is -0.494 e. The van der Waals surface area contributed by atoms with E-state index < -0.39 is 0 Å². The van der Waals surface area contributed by atoms with Gasteiger partial charge in [0.25, 0.3) is 0 Å². The molecule has 2 rings (SSSR count). The van der Waals surface area contributed by atoms with Gasteiger partial charge in [0.15, 0.2) is 0 Å². The Bertz CT molecular complexity index is 458. The first kappa shape index (κ1) is 15.8. The SMILES string of the molecule is CN1CCC(N(C)CCCOc2ccc(C#N)cc2)CC1. The molecule has 1 heterocycles. The van der Waals surface area contributed by atoms with Crippen molar-refractivity contribution in [1.29, 1.82) is 5.26 Å². The van der Waals surface area contributed by atoms with Crippen molar-refractivity contribution in [2.75, 3.05) is 40.3 Å². The lowest BCUT2D eigenvalue weighted by Gasteiger charge is -2.35. The summed E-state index contributed by atoms with van der Waals surface area (Å²) < 4.78 is 5.72. The van der Waals surface area contributed by atoms with Gasteiger partial charge in [-0.15, -0.1) is 0 Å². The number of rotatable bonds is 6. The molecule has 0 aliphatic carbocycles. The van der Waals surface area contributed by atoms with Crippen LogP contribution >= 0.6 is 0 Å². The molecule has 1 aliphatic rings. The summed E-state index contributed by atoms with van der Waals surface area (Å²) >= 11 is 0. The number of benzene rings is 1. The van der Waals surface area contributed by atoms with E-state index in [1.807, 2.05) is 12.1 Å². The van der Waals surface area contributed by atoms with Gasteiger partial charge in [-0.25, -0.2) is 0 Å². The Morgan fingerprint density at radius 3 is 2.57 bits per heavy atom. The normalized spacial score (nSPS) is 16.9. The lowest BCUT2D eigenvalue weighted by Crippen LogP contribution is -2.42. The average Bonchev–Trinajstić information content (AvgIpc) is 2.52. The Kier molecular flexibility index (Phi) is 6.04. The van der Waals surface area contributed by atoms with Crippen LogP contribution in [0.4, 0.5) is 0 Å². The smallest absolute Gasteiger partial charge is 0.119 e. The predicted molar refractivity (Wildman–Crippen MR) is 84.4 cm³/mol. The summed E-state index contributed by atoms with van der Waals surface area (Å²) in [7, 11) is 4.42. The van der Waals surface area contributed by atoms with Crippen LogP contribution < -0.4 is 4.74 Å². The van der Waals surface area contributed by atoms with Crippen LogP contribution in [0.15, 0.2) is 24.3 Å². The first-order valence-corrected chi connectivity index (χ1v) is 7.71. The van der Waals surface area contributed by atoms with Crippen LogP contribution in [0.1, 0.15) is 24.8 Å². The lowest BCUT2D eigenvalue weighted by atomic mass is 10.0. The number of piperidine rings is 1. The van der Waals surface area contributed by atoms with Crippen molar-refractivity contribution in [3.8, 4) is 11.8 Å². The van der Waals surface area contributed by atoms with Gasteiger partial charge in [-0.2, -0.15) is 5.26 Å². The van der Waals surface area contributed by atoms with E-state index in [1.54, 1.807) is 12.1 Å². The van der Waals surface area contributed by atoms with E-state index in [9.17, 15) is 0 Å². The monoisotopic (exact) mass is 287 g/mol. The Morgan fingerprint density at radius 2 is 1.95 bits per heavy atom. The zero-order valence-corrected chi connectivity index (χ0v) is 13.1. The molecule has 0 N–H and O–H groups in total. The third kappa shape index (κ3) is 5.04. The zero-order chi connectivity index (χ0) is 15.1. The molecule has 1 aromatic rings. The average molecular weight is 287 g/mol. The number of hydrogen-bond acceptors (Lipinski definition) is 4. The number of likely N-dealkylation sites (tertiary alicyclic amines) is 1. The third-order valence-electron chi connectivity index (χ3n) is 4.22. The number of nitriles is 1. The third-order valence-corrected chi connectivity index (χ3v) is 4.22. The first-order chi connectivity index (χ1) is 10.2. The van der Waals surface area contributed by atoms with Crippen molar-refractivity contribution in [3.05, 3.63) is 29.8 Å². The molecule has 0 spiro atoms. The molecule has 0 saturated carbocycles. The maximum atomic E-state index is 8.74. The first-order valence-electron chi connectivity index (χ1n) is 7.71. The van der Waals surface area contributed by atoms with Crippen LogP contribution in [0, 0.1) is 11.3 Å². The highest BCUT2D eigenvalue weighted by Crippen LogP contribution is 2.15. The standard InChI is InChI=1S/C17H25N3O/c1-19-11-8-16(9-12-19)20(2)10-3-13-21-17-6-4-15(14-18)5-7-17/h4-7,16H,3,8-13H2,1-2H3. The van der Waals surface area contributed by atoms with Crippen molar-refractivity contribution in [2.45, 2.75) is 25.3 Å². The molecule has 114 valence electrons. The van der Waals surface area contributed by atoms with Crippen molar-refractivity contribution in [2.24, 2.45) is 0 Å². The van der Waals surface area contributed by atoms with E-state index >= 15 is 0 Å². The molecule has 0 aromatic heterocycles. The fourth-order valence-corrected chi connectivity index (χ4v) is 2.75. The maximum Gasteiger partial charge on any atom is 0.119 e. The second-order valence-electron chi connectivity index (χ2n) is 5.85. The summed E-state index contributed by atoms with van der Waals surface area (Å²) in [4.78, 5) is 4.87. The topological polar surface area (TPSA) is 39.5 Å². The minimum atomic E-state index is 0.671. The van der Waals surface area contributed by atoms with Crippen LogP contribution in [0.3, 0.4) is 0 Å². The van der Waals surface area contributed by atoms with Crippen molar-refractivity contribution in [3.63, 3.8) is 0 Å². The quantitative estimate of drug-likeness (QED) is 0.753. The lowest BCUT2D eigenvalue weighted by molar-refractivity contribution is 0.137. The zero-order valence-electron chi connectivity index (χ0n) is 13.1. The Hall–Kier alpha value is -1.57. The number of nitrogens with zero attached hydrogens (tertiary/aromatic N) is 3. The summed E-state index contributed by atoms with van der Waals surface area (Å²) in [5.74, 6) is 0.843. The van der Waals surface area contributed by atoms with E-state index in [4.69, 9.17) is 10.00 Å². The Balaban J connectivity index is 1.63. The van der Waals surface area contributed by atoms with E-state index in [0.717, 1.165) is 31.4 Å². The fourth-order valence-electron chi connectivity index (χ4n) is 2.75. The Labute approximate surface area is 127 Å². The van der Waals surface area contributed by atoms with Crippen LogP contribution in [0.2, 0.25) is 0 Å². The summed E-state index contributed by atoms with van der Waals surface area (Å²) in [6.07, 6.45) is 3.57. The van der Waals surface area contributed by atoms with Gasteiger partial charge in [0.1, 0.15) is 5.75 Å². The number of ether oxygens (including phenoxy) is 1. The Morgan fingerprint density at radius 1 is 1.29 bits per heavy atom. The molecule has 1 saturated heterocycles. The van der Waals surface area contributed by atoms with Crippen molar-refractivity contribution >= 4 is 0 Å². The molecule has 1 aliphatic heterocycles. The van der Waals surface area contributed by atoms with E-state index in [2.05, 4.69) is 30.0 Å². The van der Waals surface area contributed by atoms with Gasteiger partial charge in [0, 0.05) is 12.6 Å². The molecule has 0 atom stereocenters. The van der Waals surface area contributed by atoms with Gasteiger partial charge in [0.05, 0.1) is 18.2 Å². The fraction of sp³-hybridized carbons (Fsp3) is 0.588. The molecule has 0 radical (unpaired) electrons. The molecule has 4 nitrogen and oxygen atoms in total. The van der Waals surface area contributed by atoms with Gasteiger partial charge in [-0.1, -0.05) is 0 Å². The molecule has 1 aromatic carbocycles. The second-order valence-corrected chi connectivity index (χ2v) is 5.85. The summed E-state index contributed by atoms with van der Waals surface area (Å²) in [5, 5.41) is 8.74. The molecule has 1 fully saturated rings. The van der Waals surface area contributed by atoms with E-state index in [0.29, 0.717) is 5.56 Å². The van der Waals surface area contributed by atoms with Gasteiger partial charge < -0.3 is 14.5 Å². The molecule has 0 amide bonds. The van der Waals surface area contributed by atoms with Crippen molar-refractivity contribution < 1.29 is 4.74 Å². The molecule has 21 heavy (non-hydrogen) atoms. The number of hydrogen-bond donors (Lipinski definition) is 0. The summed E-state index contributed by atoms with van der Waals surface area (Å²) in [6.45, 7) is 4.21. The van der Waals surface area contributed by atoms with E-state index in [1.165, 1.54) is 25.9 Å². The van der Waals surface area contributed by atoms with Crippen LogP contribution in [-0.4, -0.2) is 56.2 Å². The second kappa shape index (κ2) is 8.02. The molecule has 0 unspecified atom stereocenters. The largest absolute Gasteiger partial charge is 0.494 e. The molecule has 4 heteroatoms. The predicted octanol–water partition coefficient (Wildman–Crippen LogP) is 2.35. The molecular formula is C17H25N3O. The summed E-state index contributed by atoms with van der Waals surface area (Å²) in [6, 6.07) is 10.1. The molecule has 0 bridgehead atoms. The van der Waals surface area contributed by atoms with Crippen LogP contribution in [0.25, 0.3) is 0 Å². The van der Waals surface area contributed by atoms with Gasteiger partial charge >= 0.3 is 0 Å². The minimum absolute atomic E-state index is 0.671. The van der Waals surface area contributed by atoms with Crippen molar-refractivity contribution in [1.82, 2.24) is 9.80 Å². The van der Waals surface area contributed by atoms with Gasteiger partial charge in [0.2, 0.25) is 0 Å². The van der Waals surface area contributed by atoms with Crippen LogP contribution in [0.5, 0.6) is 5.75 Å². The highest BCUT2D eigenvalue weighted by molar-refractivity contribution is 5.34. The highest BCUT2D eigenvalue weighted by atomic mass is 16.5. The maximum absolute atomic E-state index is 8.74. The highest BCUT2D eigenvalue weighted by Gasteiger charge is 2.19. The van der Waals surface area contributed by atoms with Crippen LogP contribution in [-0.2, 0) is 0 Å². The van der Waals surface area contributed by atoms with Gasteiger partial charge in [-0.3, -0.25) is 0 Å². The summed E-state index contributed by atoms with van der Waals surface area (Å²) in [5.41, 5.74) is 0.671. The van der Waals surface area contributed by atoms with Gasteiger partial charge in [-0.05, 0) is 70.7 Å². The molecular weight excluding hydrogens is 262 g/mol.